The zero-order chi connectivity index (χ0) is 17.1. The molecular weight excluding hydrogens is 324 g/mol. The van der Waals surface area contributed by atoms with Crippen LogP contribution in [-0.4, -0.2) is 27.1 Å². The summed E-state index contributed by atoms with van der Waals surface area (Å²) in [5.41, 5.74) is 2.67. The number of fused-ring (bicyclic) bond motifs is 1. The fraction of sp³-hybridized carbons (Fsp3) is 0.333. The number of benzene rings is 1. The molecule has 3 aromatic rings. The molecule has 0 saturated carbocycles. The van der Waals surface area contributed by atoms with E-state index in [0.717, 1.165) is 46.9 Å². The van der Waals surface area contributed by atoms with Crippen LogP contribution in [0.3, 0.4) is 0 Å². The fourth-order valence-electron chi connectivity index (χ4n) is 2.61. The van der Waals surface area contributed by atoms with Gasteiger partial charge in [0.1, 0.15) is 10.6 Å². The summed E-state index contributed by atoms with van der Waals surface area (Å²) in [6.45, 7) is 4.82. The number of nitrogens with zero attached hydrogens (tertiary/aromatic N) is 2. The number of thiazole rings is 1. The third-order valence-electron chi connectivity index (χ3n) is 3.72. The summed E-state index contributed by atoms with van der Waals surface area (Å²) in [5.74, 6) is -0.0330. The Morgan fingerprint density at radius 1 is 1.25 bits per heavy atom. The summed E-state index contributed by atoms with van der Waals surface area (Å²) in [4.78, 5) is 17.1. The lowest BCUT2D eigenvalue weighted by Crippen LogP contribution is -2.00. The molecule has 3 rings (SSSR count). The lowest BCUT2D eigenvalue weighted by molar-refractivity contribution is 0.0700. The van der Waals surface area contributed by atoms with E-state index < -0.39 is 5.97 Å². The first kappa shape index (κ1) is 16.5. The highest BCUT2D eigenvalue weighted by Crippen LogP contribution is 2.29. The standard InChI is InChI=1S/C18H20N2O3S/c1-3-5-15-16(17(21)22)24-18-19-14(11-20(15)18)12-6-8-13(9-7-12)23-10-4-2/h6-9,11H,3-5,10H2,1-2H3,(H,21,22). The third kappa shape index (κ3) is 3.14. The van der Waals surface area contributed by atoms with E-state index in [2.05, 4.69) is 11.9 Å². The summed E-state index contributed by atoms with van der Waals surface area (Å²) in [5, 5.41) is 9.35. The smallest absolute Gasteiger partial charge is 0.347 e. The first-order valence-corrected chi connectivity index (χ1v) is 8.93. The highest BCUT2D eigenvalue weighted by molar-refractivity contribution is 7.19. The highest BCUT2D eigenvalue weighted by atomic mass is 32.1. The molecule has 1 N–H and O–H groups in total. The Morgan fingerprint density at radius 2 is 2.00 bits per heavy atom. The summed E-state index contributed by atoms with van der Waals surface area (Å²) in [7, 11) is 0. The second-order valence-corrected chi connectivity index (χ2v) is 6.56. The molecule has 0 aliphatic rings. The van der Waals surface area contributed by atoms with Crippen LogP contribution in [0.4, 0.5) is 0 Å². The van der Waals surface area contributed by atoms with E-state index in [1.54, 1.807) is 0 Å². The lowest BCUT2D eigenvalue weighted by atomic mass is 10.1. The van der Waals surface area contributed by atoms with Crippen LogP contribution in [0.1, 0.15) is 42.1 Å². The molecule has 0 aliphatic heterocycles. The van der Waals surface area contributed by atoms with Crippen molar-refractivity contribution in [2.75, 3.05) is 6.61 Å². The molecule has 0 unspecified atom stereocenters. The fourth-order valence-corrected chi connectivity index (χ4v) is 3.60. The van der Waals surface area contributed by atoms with Crippen LogP contribution >= 0.6 is 11.3 Å². The molecule has 0 bridgehead atoms. The van der Waals surface area contributed by atoms with Gasteiger partial charge in [-0.1, -0.05) is 31.6 Å². The third-order valence-corrected chi connectivity index (χ3v) is 4.81. The van der Waals surface area contributed by atoms with Crippen molar-refractivity contribution in [3.05, 3.63) is 41.0 Å². The van der Waals surface area contributed by atoms with E-state index in [0.29, 0.717) is 11.5 Å². The Labute approximate surface area is 144 Å². The SMILES string of the molecule is CCCOc1ccc(-c2cn3c(CCC)c(C(=O)O)sc3n2)cc1. The van der Waals surface area contributed by atoms with Gasteiger partial charge < -0.3 is 9.84 Å². The van der Waals surface area contributed by atoms with E-state index in [4.69, 9.17) is 4.74 Å². The van der Waals surface area contributed by atoms with E-state index >= 15 is 0 Å². The van der Waals surface area contributed by atoms with Gasteiger partial charge in [-0.3, -0.25) is 4.40 Å². The van der Waals surface area contributed by atoms with Gasteiger partial charge in [0.05, 0.1) is 12.3 Å². The topological polar surface area (TPSA) is 63.8 Å². The number of hydrogen-bond donors (Lipinski definition) is 1. The number of carbonyl (C=O) groups is 1. The zero-order valence-corrected chi connectivity index (χ0v) is 14.6. The Hall–Kier alpha value is -2.34. The van der Waals surface area contributed by atoms with Gasteiger partial charge in [-0.25, -0.2) is 9.78 Å². The van der Waals surface area contributed by atoms with E-state index in [1.165, 1.54) is 11.3 Å². The molecule has 5 nitrogen and oxygen atoms in total. The predicted octanol–water partition coefficient (Wildman–Crippen LogP) is 4.50. The number of aromatic nitrogens is 2. The van der Waals surface area contributed by atoms with Gasteiger partial charge in [-0.05, 0) is 37.1 Å². The predicted molar refractivity (Wildman–Crippen MR) is 95.2 cm³/mol. The second kappa shape index (κ2) is 7.05. The van der Waals surface area contributed by atoms with Gasteiger partial charge in [-0.2, -0.15) is 0 Å². The van der Waals surface area contributed by atoms with Crippen molar-refractivity contribution >= 4 is 22.3 Å². The number of carboxylic acids is 1. The summed E-state index contributed by atoms with van der Waals surface area (Å²) >= 11 is 1.23. The van der Waals surface area contributed by atoms with Crippen molar-refractivity contribution < 1.29 is 14.6 Å². The molecule has 6 heteroatoms. The van der Waals surface area contributed by atoms with Crippen LogP contribution in [0.25, 0.3) is 16.2 Å². The second-order valence-electron chi connectivity index (χ2n) is 5.58. The normalized spacial score (nSPS) is 11.1. The maximum absolute atomic E-state index is 11.4. The number of aryl methyl sites for hydroxylation is 1. The maximum atomic E-state index is 11.4. The van der Waals surface area contributed by atoms with Gasteiger partial charge >= 0.3 is 5.97 Å². The van der Waals surface area contributed by atoms with Crippen LogP contribution in [0.5, 0.6) is 5.75 Å². The molecule has 0 radical (unpaired) electrons. The van der Waals surface area contributed by atoms with Crippen LogP contribution in [-0.2, 0) is 6.42 Å². The molecule has 2 aromatic heterocycles. The number of imidazole rings is 1. The lowest BCUT2D eigenvalue weighted by Gasteiger charge is -2.04. The number of carboxylic acid groups (broad SMARTS) is 1. The van der Waals surface area contributed by atoms with Crippen molar-refractivity contribution in [2.45, 2.75) is 33.1 Å². The molecule has 0 atom stereocenters. The van der Waals surface area contributed by atoms with E-state index in [1.807, 2.05) is 41.8 Å². The van der Waals surface area contributed by atoms with Crippen molar-refractivity contribution in [2.24, 2.45) is 0 Å². The van der Waals surface area contributed by atoms with Gasteiger partial charge in [-0.15, -0.1) is 0 Å². The van der Waals surface area contributed by atoms with Crippen LogP contribution in [0.15, 0.2) is 30.5 Å². The number of rotatable bonds is 7. The Morgan fingerprint density at radius 3 is 2.62 bits per heavy atom. The van der Waals surface area contributed by atoms with E-state index in [9.17, 15) is 9.90 Å². The zero-order valence-electron chi connectivity index (χ0n) is 13.8. The summed E-state index contributed by atoms with van der Waals surface area (Å²) in [6.07, 6.45) is 4.51. The maximum Gasteiger partial charge on any atom is 0.347 e. The van der Waals surface area contributed by atoms with Gasteiger partial charge in [0, 0.05) is 17.5 Å². The molecule has 0 spiro atoms. The van der Waals surface area contributed by atoms with Gasteiger partial charge in [0.15, 0.2) is 4.96 Å². The molecule has 126 valence electrons. The highest BCUT2D eigenvalue weighted by Gasteiger charge is 2.19. The Bertz CT molecular complexity index is 849. The minimum atomic E-state index is -0.882. The van der Waals surface area contributed by atoms with Crippen molar-refractivity contribution in [1.29, 1.82) is 0 Å². The molecule has 0 fully saturated rings. The van der Waals surface area contributed by atoms with Crippen LogP contribution in [0.2, 0.25) is 0 Å². The molecule has 2 heterocycles. The summed E-state index contributed by atoms with van der Waals surface area (Å²) < 4.78 is 7.51. The Kier molecular flexibility index (Phi) is 4.85. The van der Waals surface area contributed by atoms with Gasteiger partial charge in [0.2, 0.25) is 0 Å². The van der Waals surface area contributed by atoms with Crippen LogP contribution < -0.4 is 4.74 Å². The minimum Gasteiger partial charge on any atom is -0.494 e. The first-order valence-electron chi connectivity index (χ1n) is 8.11. The number of hydrogen-bond acceptors (Lipinski definition) is 4. The molecule has 0 aliphatic carbocycles. The molecule has 1 aromatic carbocycles. The van der Waals surface area contributed by atoms with E-state index in [-0.39, 0.29) is 0 Å². The minimum absolute atomic E-state index is 0.384. The summed E-state index contributed by atoms with van der Waals surface area (Å²) in [6, 6.07) is 7.84. The molecule has 0 amide bonds. The quantitative estimate of drug-likeness (QED) is 0.685. The van der Waals surface area contributed by atoms with Gasteiger partial charge in [0.25, 0.3) is 0 Å². The first-order chi connectivity index (χ1) is 11.6. The largest absolute Gasteiger partial charge is 0.494 e. The van der Waals surface area contributed by atoms with Crippen molar-refractivity contribution in [3.63, 3.8) is 0 Å². The van der Waals surface area contributed by atoms with Crippen LogP contribution in [0, 0.1) is 0 Å². The average Bonchev–Trinajstić information content (AvgIpc) is 3.13. The molecular formula is C18H20N2O3S. The number of aromatic carboxylic acids is 1. The number of ether oxygens (including phenoxy) is 1. The average molecular weight is 344 g/mol. The molecule has 0 saturated heterocycles. The van der Waals surface area contributed by atoms with Crippen molar-refractivity contribution in [1.82, 2.24) is 9.38 Å². The van der Waals surface area contributed by atoms with Crippen molar-refractivity contribution in [3.8, 4) is 17.0 Å². The Balaban J connectivity index is 1.94. The monoisotopic (exact) mass is 344 g/mol. The molecule has 24 heavy (non-hydrogen) atoms.